The molecule has 0 radical (unpaired) electrons. The van der Waals surface area contributed by atoms with E-state index in [0.29, 0.717) is 0 Å². The summed E-state index contributed by atoms with van der Waals surface area (Å²) in [6.45, 7) is 0. The number of amides is 1. The Labute approximate surface area is 94.5 Å². The van der Waals surface area contributed by atoms with Crippen molar-refractivity contribution in [3.63, 3.8) is 0 Å². The first-order valence-corrected chi connectivity index (χ1v) is 5.77. The molecule has 5 heteroatoms. The van der Waals surface area contributed by atoms with Crippen molar-refractivity contribution in [3.8, 4) is 0 Å². The van der Waals surface area contributed by atoms with Gasteiger partial charge in [-0.05, 0) is 18.8 Å². The van der Waals surface area contributed by atoms with Crippen LogP contribution in [0.1, 0.15) is 32.1 Å². The van der Waals surface area contributed by atoms with Gasteiger partial charge < -0.3 is 14.8 Å². The summed E-state index contributed by atoms with van der Waals surface area (Å²) in [7, 11) is 1.32. The van der Waals surface area contributed by atoms with Crippen molar-refractivity contribution >= 4 is 12.1 Å². The molecule has 2 unspecified atom stereocenters. The SMILES string of the molecule is COC(=O)C1NC(=O)OC1C1CCCCC1. The maximum Gasteiger partial charge on any atom is 0.408 e. The average molecular weight is 227 g/mol. The summed E-state index contributed by atoms with van der Waals surface area (Å²) in [4.78, 5) is 22.7. The second-order valence-corrected chi connectivity index (χ2v) is 4.41. The van der Waals surface area contributed by atoms with E-state index in [2.05, 4.69) is 10.1 Å². The zero-order chi connectivity index (χ0) is 11.5. The molecular weight excluding hydrogens is 210 g/mol. The molecule has 0 bridgehead atoms. The van der Waals surface area contributed by atoms with Gasteiger partial charge in [0, 0.05) is 0 Å². The van der Waals surface area contributed by atoms with E-state index in [-0.39, 0.29) is 12.0 Å². The Hall–Kier alpha value is -1.26. The lowest BCUT2D eigenvalue weighted by Gasteiger charge is -2.27. The first-order chi connectivity index (χ1) is 7.72. The molecular formula is C11H17NO4. The summed E-state index contributed by atoms with van der Waals surface area (Å²) in [6, 6.07) is -0.624. The summed E-state index contributed by atoms with van der Waals surface area (Å²) in [5.74, 6) is -0.127. The Kier molecular flexibility index (Phi) is 3.31. The van der Waals surface area contributed by atoms with Gasteiger partial charge in [0.25, 0.3) is 0 Å². The van der Waals surface area contributed by atoms with Gasteiger partial charge in [-0.15, -0.1) is 0 Å². The van der Waals surface area contributed by atoms with E-state index < -0.39 is 18.1 Å². The van der Waals surface area contributed by atoms with E-state index in [4.69, 9.17) is 4.74 Å². The lowest BCUT2D eigenvalue weighted by molar-refractivity contribution is -0.144. The van der Waals surface area contributed by atoms with Crippen molar-refractivity contribution in [3.05, 3.63) is 0 Å². The minimum atomic E-state index is -0.624. The Bertz CT molecular complexity index is 286. The minimum Gasteiger partial charge on any atom is -0.467 e. The molecule has 1 saturated heterocycles. The van der Waals surface area contributed by atoms with Gasteiger partial charge in [0.05, 0.1) is 7.11 Å². The number of carbonyl (C=O) groups excluding carboxylic acids is 2. The van der Waals surface area contributed by atoms with Gasteiger partial charge in [0.2, 0.25) is 0 Å². The first kappa shape index (κ1) is 11.2. The molecule has 1 heterocycles. The van der Waals surface area contributed by atoms with E-state index >= 15 is 0 Å². The van der Waals surface area contributed by atoms with Crippen LogP contribution in [0.25, 0.3) is 0 Å². The largest absolute Gasteiger partial charge is 0.467 e. The van der Waals surface area contributed by atoms with E-state index in [1.165, 1.54) is 13.5 Å². The number of methoxy groups -OCH3 is 1. The third kappa shape index (κ3) is 2.13. The van der Waals surface area contributed by atoms with Crippen molar-refractivity contribution in [2.24, 2.45) is 5.92 Å². The molecule has 0 aromatic heterocycles. The maximum atomic E-state index is 11.5. The number of alkyl carbamates (subject to hydrolysis) is 1. The minimum absolute atomic E-state index is 0.289. The van der Waals surface area contributed by atoms with E-state index in [1.807, 2.05) is 0 Å². The van der Waals surface area contributed by atoms with Crippen molar-refractivity contribution in [2.75, 3.05) is 7.11 Å². The van der Waals surface area contributed by atoms with Gasteiger partial charge in [-0.2, -0.15) is 0 Å². The molecule has 0 aromatic rings. The number of nitrogens with one attached hydrogen (secondary N) is 1. The van der Waals surface area contributed by atoms with Gasteiger partial charge >= 0.3 is 12.1 Å². The van der Waals surface area contributed by atoms with Gasteiger partial charge in [-0.3, -0.25) is 0 Å². The van der Waals surface area contributed by atoms with Crippen LogP contribution in [0.4, 0.5) is 4.79 Å². The summed E-state index contributed by atoms with van der Waals surface area (Å²) < 4.78 is 9.86. The molecule has 1 saturated carbocycles. The number of hydrogen-bond acceptors (Lipinski definition) is 4. The first-order valence-electron chi connectivity index (χ1n) is 5.77. The number of rotatable bonds is 2. The highest BCUT2D eigenvalue weighted by molar-refractivity contribution is 5.84. The van der Waals surface area contributed by atoms with Crippen LogP contribution in [0, 0.1) is 5.92 Å². The third-order valence-corrected chi connectivity index (χ3v) is 3.41. The fourth-order valence-electron chi connectivity index (χ4n) is 2.59. The Morgan fingerprint density at radius 1 is 1.38 bits per heavy atom. The predicted octanol–water partition coefficient (Wildman–Crippen LogP) is 1.22. The highest BCUT2D eigenvalue weighted by atomic mass is 16.6. The molecule has 0 spiro atoms. The summed E-state index contributed by atoms with van der Waals surface area (Å²) in [6.07, 6.45) is 4.71. The van der Waals surface area contributed by atoms with Crippen LogP contribution >= 0.6 is 0 Å². The highest BCUT2D eigenvalue weighted by Gasteiger charge is 2.44. The van der Waals surface area contributed by atoms with Crippen LogP contribution in [0.3, 0.4) is 0 Å². The number of hydrogen-bond donors (Lipinski definition) is 1. The lowest BCUT2D eigenvalue weighted by atomic mass is 9.83. The molecule has 1 aliphatic heterocycles. The lowest BCUT2D eigenvalue weighted by Crippen LogP contribution is -2.43. The zero-order valence-corrected chi connectivity index (χ0v) is 9.40. The van der Waals surface area contributed by atoms with Crippen molar-refractivity contribution in [1.29, 1.82) is 0 Å². The zero-order valence-electron chi connectivity index (χ0n) is 9.40. The van der Waals surface area contributed by atoms with Gasteiger partial charge in [-0.1, -0.05) is 19.3 Å². The highest BCUT2D eigenvalue weighted by Crippen LogP contribution is 2.31. The van der Waals surface area contributed by atoms with Gasteiger partial charge in [-0.25, -0.2) is 9.59 Å². The second-order valence-electron chi connectivity index (χ2n) is 4.41. The quantitative estimate of drug-likeness (QED) is 0.720. The van der Waals surface area contributed by atoms with E-state index in [9.17, 15) is 9.59 Å². The van der Waals surface area contributed by atoms with Crippen LogP contribution in [-0.2, 0) is 14.3 Å². The monoisotopic (exact) mass is 227 g/mol. The number of ether oxygens (including phenoxy) is 2. The fourth-order valence-corrected chi connectivity index (χ4v) is 2.59. The average Bonchev–Trinajstić information content (AvgIpc) is 2.71. The Morgan fingerprint density at radius 2 is 2.06 bits per heavy atom. The topological polar surface area (TPSA) is 64.6 Å². The maximum absolute atomic E-state index is 11.5. The molecule has 5 nitrogen and oxygen atoms in total. The fraction of sp³-hybridized carbons (Fsp3) is 0.818. The van der Waals surface area contributed by atoms with Crippen molar-refractivity contribution < 1.29 is 19.1 Å². The third-order valence-electron chi connectivity index (χ3n) is 3.41. The summed E-state index contributed by atoms with van der Waals surface area (Å²) in [5, 5.41) is 2.52. The van der Waals surface area contributed by atoms with Crippen LogP contribution in [0.2, 0.25) is 0 Å². The van der Waals surface area contributed by atoms with E-state index in [0.717, 1.165) is 25.7 Å². The molecule has 1 amide bonds. The number of carbonyl (C=O) groups is 2. The van der Waals surface area contributed by atoms with Crippen molar-refractivity contribution in [2.45, 2.75) is 44.2 Å². The molecule has 1 N–H and O–H groups in total. The summed E-state index contributed by atoms with van der Waals surface area (Å²) >= 11 is 0. The molecule has 0 aromatic carbocycles. The van der Waals surface area contributed by atoms with Crippen LogP contribution in [0.15, 0.2) is 0 Å². The van der Waals surface area contributed by atoms with Crippen LogP contribution in [0.5, 0.6) is 0 Å². The molecule has 2 rings (SSSR count). The second kappa shape index (κ2) is 4.72. The van der Waals surface area contributed by atoms with Crippen LogP contribution < -0.4 is 5.32 Å². The molecule has 1 aliphatic carbocycles. The molecule has 2 aliphatic rings. The molecule has 2 atom stereocenters. The molecule has 16 heavy (non-hydrogen) atoms. The Balaban J connectivity index is 2.05. The normalized spacial score (nSPS) is 30.7. The van der Waals surface area contributed by atoms with Crippen molar-refractivity contribution in [1.82, 2.24) is 5.32 Å². The Morgan fingerprint density at radius 3 is 2.69 bits per heavy atom. The molecule has 90 valence electrons. The van der Waals surface area contributed by atoms with Gasteiger partial charge in [0.1, 0.15) is 6.10 Å². The summed E-state index contributed by atoms with van der Waals surface area (Å²) in [5.41, 5.74) is 0. The standard InChI is InChI=1S/C11H17NO4/c1-15-10(13)8-9(16-11(14)12-8)7-5-3-2-4-6-7/h7-9H,2-6H2,1H3,(H,12,14). The number of esters is 1. The predicted molar refractivity (Wildman–Crippen MR) is 55.8 cm³/mol. The van der Waals surface area contributed by atoms with Gasteiger partial charge in [0.15, 0.2) is 6.04 Å². The smallest absolute Gasteiger partial charge is 0.408 e. The molecule has 2 fully saturated rings. The van der Waals surface area contributed by atoms with E-state index in [1.54, 1.807) is 0 Å². The van der Waals surface area contributed by atoms with Crippen LogP contribution in [-0.4, -0.2) is 31.3 Å². The number of cyclic esters (lactones) is 1.